The van der Waals surface area contributed by atoms with E-state index in [0.717, 1.165) is 40.5 Å². The molecule has 1 fully saturated rings. The monoisotopic (exact) mass is 492 g/mol. The van der Waals surface area contributed by atoms with E-state index in [1.54, 1.807) is 23.5 Å². The molecule has 1 N–H and O–H groups in total. The van der Waals surface area contributed by atoms with Crippen LogP contribution in [0.2, 0.25) is 0 Å². The average Bonchev–Trinajstić information content (AvgIpc) is 3.26. The third-order valence-corrected chi connectivity index (χ3v) is 9.25. The molecule has 0 radical (unpaired) electrons. The third-order valence-electron chi connectivity index (χ3n) is 8.17. The Labute approximate surface area is 210 Å². The van der Waals surface area contributed by atoms with E-state index in [9.17, 15) is 9.18 Å². The quantitative estimate of drug-likeness (QED) is 0.377. The number of carbonyl (C=O) groups is 1. The first kappa shape index (κ1) is 24.0. The largest absolute Gasteiger partial charge is 0.469 e. The van der Waals surface area contributed by atoms with Crippen molar-refractivity contribution in [2.75, 3.05) is 12.4 Å². The highest BCUT2D eigenvalue weighted by atomic mass is 32.1. The van der Waals surface area contributed by atoms with Crippen molar-refractivity contribution >= 4 is 22.4 Å². The first-order valence-corrected chi connectivity index (χ1v) is 13.2. The summed E-state index contributed by atoms with van der Waals surface area (Å²) >= 11 is 1.65. The molecular formula is C29H33FN2O2S. The van der Waals surface area contributed by atoms with Crippen LogP contribution in [0, 0.1) is 11.2 Å². The Hall–Kier alpha value is -2.73. The van der Waals surface area contributed by atoms with Gasteiger partial charge in [-0.15, -0.1) is 11.3 Å². The van der Waals surface area contributed by atoms with Crippen LogP contribution in [0.3, 0.4) is 0 Å². The van der Waals surface area contributed by atoms with Crippen molar-refractivity contribution < 1.29 is 13.9 Å². The second kappa shape index (κ2) is 8.74. The maximum absolute atomic E-state index is 13.3. The Morgan fingerprint density at radius 1 is 1.20 bits per heavy atom. The lowest BCUT2D eigenvalue weighted by atomic mass is 9.50. The first-order chi connectivity index (χ1) is 16.7. The highest BCUT2D eigenvalue weighted by Gasteiger charge is 2.58. The molecule has 1 aromatic heterocycles. The molecule has 3 atom stereocenters. The summed E-state index contributed by atoms with van der Waals surface area (Å²) in [5.74, 6) is 0.0173. The molecule has 2 aliphatic carbocycles. The van der Waals surface area contributed by atoms with Crippen LogP contribution in [0.15, 0.2) is 42.5 Å². The summed E-state index contributed by atoms with van der Waals surface area (Å²) in [6, 6.07) is 13.3. The number of ether oxygens (including phenoxy) is 1. The van der Waals surface area contributed by atoms with Crippen molar-refractivity contribution in [3.05, 3.63) is 69.8 Å². The number of rotatable bonds is 5. The van der Waals surface area contributed by atoms with Gasteiger partial charge in [0.25, 0.3) is 0 Å². The van der Waals surface area contributed by atoms with Gasteiger partial charge in [0.1, 0.15) is 5.82 Å². The molecule has 3 aromatic rings. The van der Waals surface area contributed by atoms with E-state index in [1.165, 1.54) is 35.9 Å². The minimum absolute atomic E-state index is 0.0116. The first-order valence-electron chi connectivity index (χ1n) is 12.4. The van der Waals surface area contributed by atoms with Gasteiger partial charge in [0.2, 0.25) is 0 Å². The second-order valence-corrected chi connectivity index (χ2v) is 11.8. The van der Waals surface area contributed by atoms with Gasteiger partial charge in [0.05, 0.1) is 18.2 Å². The van der Waals surface area contributed by atoms with Crippen molar-refractivity contribution in [2.45, 2.75) is 70.8 Å². The van der Waals surface area contributed by atoms with Crippen molar-refractivity contribution in [3.8, 4) is 11.3 Å². The molecule has 184 valence electrons. The van der Waals surface area contributed by atoms with Crippen molar-refractivity contribution in [1.29, 1.82) is 0 Å². The Morgan fingerprint density at radius 3 is 2.63 bits per heavy atom. The fourth-order valence-electron chi connectivity index (χ4n) is 6.33. The predicted molar refractivity (Wildman–Crippen MR) is 139 cm³/mol. The summed E-state index contributed by atoms with van der Waals surface area (Å²) in [7, 11) is 1.49. The molecule has 1 heterocycles. The summed E-state index contributed by atoms with van der Waals surface area (Å²) in [6.45, 7) is 9.37. The number of halogens is 1. The summed E-state index contributed by atoms with van der Waals surface area (Å²) in [4.78, 5) is 19.5. The minimum atomic E-state index is -0.619. The normalized spacial score (nSPS) is 24.9. The van der Waals surface area contributed by atoms with Crippen molar-refractivity contribution in [1.82, 2.24) is 4.98 Å². The number of methoxy groups -OCH3 is 1. The summed E-state index contributed by atoms with van der Waals surface area (Å²) < 4.78 is 18.7. The average molecular weight is 493 g/mol. The van der Waals surface area contributed by atoms with Gasteiger partial charge in [-0.2, -0.15) is 0 Å². The van der Waals surface area contributed by atoms with Gasteiger partial charge >= 0.3 is 5.97 Å². The van der Waals surface area contributed by atoms with Crippen LogP contribution in [-0.2, 0) is 21.5 Å². The van der Waals surface area contributed by atoms with Gasteiger partial charge in [-0.05, 0) is 60.6 Å². The van der Waals surface area contributed by atoms with E-state index in [1.807, 2.05) is 0 Å². The number of aromatic nitrogens is 1. The highest BCUT2D eigenvalue weighted by Crippen LogP contribution is 2.64. The zero-order chi connectivity index (χ0) is 25.0. The van der Waals surface area contributed by atoms with Gasteiger partial charge in [0, 0.05) is 28.3 Å². The summed E-state index contributed by atoms with van der Waals surface area (Å²) in [5, 5.41) is 4.27. The molecule has 1 unspecified atom stereocenters. The lowest BCUT2D eigenvalue weighted by molar-refractivity contribution is -0.157. The lowest BCUT2D eigenvalue weighted by Gasteiger charge is -2.53. The van der Waals surface area contributed by atoms with E-state index in [2.05, 4.69) is 51.2 Å². The number of anilines is 1. The number of fused-ring (bicyclic) bond motifs is 6. The standard InChI is InChI=1S/C29H33FN2O2S/c1-17(2)19-9-12-22-21(15-19)23-24(25-28(22,3)13-6-14-29(25,4)26(33)34-5)35-27(32-23)31-16-18-7-10-20(30)11-8-18/h7-12,15,17,25H,6,13-14,16H2,1-5H3,(H,31,32)/t25?,28-,29-/m1/s1. The molecule has 1 saturated carbocycles. The fraction of sp³-hybridized carbons (Fsp3) is 0.448. The number of hydrogen-bond acceptors (Lipinski definition) is 5. The van der Waals surface area contributed by atoms with Gasteiger partial charge < -0.3 is 10.1 Å². The van der Waals surface area contributed by atoms with Crippen LogP contribution in [0.5, 0.6) is 0 Å². The van der Waals surface area contributed by atoms with Crippen LogP contribution in [0.4, 0.5) is 9.52 Å². The zero-order valence-corrected chi connectivity index (χ0v) is 21.9. The van der Waals surface area contributed by atoms with E-state index in [-0.39, 0.29) is 23.1 Å². The molecule has 0 spiro atoms. The van der Waals surface area contributed by atoms with Gasteiger partial charge in [-0.25, -0.2) is 9.37 Å². The Kier molecular flexibility index (Phi) is 5.99. The molecular weight excluding hydrogens is 459 g/mol. The van der Waals surface area contributed by atoms with E-state index in [4.69, 9.17) is 9.72 Å². The van der Waals surface area contributed by atoms with E-state index < -0.39 is 5.41 Å². The third kappa shape index (κ3) is 3.86. The molecule has 0 bridgehead atoms. The highest BCUT2D eigenvalue weighted by molar-refractivity contribution is 7.16. The maximum Gasteiger partial charge on any atom is 0.312 e. The number of thiazole rings is 1. The minimum Gasteiger partial charge on any atom is -0.469 e. The number of carbonyl (C=O) groups excluding carboxylic acids is 1. The maximum atomic E-state index is 13.3. The van der Waals surface area contributed by atoms with E-state index in [0.29, 0.717) is 12.5 Å². The van der Waals surface area contributed by atoms with Crippen molar-refractivity contribution in [2.24, 2.45) is 5.41 Å². The molecule has 5 rings (SSSR count). The van der Waals surface area contributed by atoms with Crippen LogP contribution in [0.25, 0.3) is 11.3 Å². The molecule has 0 amide bonds. The predicted octanol–water partition coefficient (Wildman–Crippen LogP) is 7.40. The zero-order valence-electron chi connectivity index (χ0n) is 21.1. The van der Waals surface area contributed by atoms with Gasteiger partial charge in [-0.3, -0.25) is 4.79 Å². The Balaban J connectivity index is 1.64. The lowest BCUT2D eigenvalue weighted by Crippen LogP contribution is -2.50. The molecule has 0 aliphatic heterocycles. The number of nitrogens with zero attached hydrogens (tertiary/aromatic N) is 1. The van der Waals surface area contributed by atoms with E-state index >= 15 is 0 Å². The second-order valence-electron chi connectivity index (χ2n) is 10.8. The summed E-state index contributed by atoms with van der Waals surface area (Å²) in [6.07, 6.45) is 2.80. The molecule has 0 saturated heterocycles. The Morgan fingerprint density at radius 2 is 1.94 bits per heavy atom. The van der Waals surface area contributed by atoms with Crippen LogP contribution in [-0.4, -0.2) is 18.1 Å². The number of nitrogens with one attached hydrogen (secondary N) is 1. The van der Waals surface area contributed by atoms with Crippen LogP contribution in [0.1, 0.15) is 80.4 Å². The van der Waals surface area contributed by atoms with Crippen molar-refractivity contribution in [3.63, 3.8) is 0 Å². The van der Waals surface area contributed by atoms with Crippen LogP contribution < -0.4 is 5.32 Å². The smallest absolute Gasteiger partial charge is 0.312 e. The SMILES string of the molecule is COC(=O)[C@]1(C)CCC[C@]2(C)c3ccc(C(C)C)cc3-c3nc(NCc4ccc(F)cc4)sc3C12. The molecule has 4 nitrogen and oxygen atoms in total. The fourth-order valence-corrected chi connectivity index (χ4v) is 7.71. The topological polar surface area (TPSA) is 51.2 Å². The van der Waals surface area contributed by atoms with Gasteiger partial charge in [-0.1, -0.05) is 51.5 Å². The van der Waals surface area contributed by atoms with Gasteiger partial charge in [0.15, 0.2) is 5.13 Å². The number of benzene rings is 2. The molecule has 2 aliphatic rings. The van der Waals surface area contributed by atoms with Crippen LogP contribution >= 0.6 is 11.3 Å². The Bertz CT molecular complexity index is 1270. The molecule has 35 heavy (non-hydrogen) atoms. The summed E-state index contributed by atoms with van der Waals surface area (Å²) in [5.41, 5.74) is 4.93. The number of esters is 1. The molecule has 6 heteroatoms. The molecule has 2 aromatic carbocycles. The number of hydrogen-bond donors (Lipinski definition) is 1.